The quantitative estimate of drug-likeness (QED) is 0.820. The number of nitrogens with two attached hydrogens (primary N) is 1. The Balaban J connectivity index is 2.14. The van der Waals surface area contributed by atoms with Gasteiger partial charge in [0.25, 0.3) is 0 Å². The van der Waals surface area contributed by atoms with E-state index in [2.05, 4.69) is 20.8 Å². The van der Waals surface area contributed by atoms with Gasteiger partial charge in [0.1, 0.15) is 0 Å². The van der Waals surface area contributed by atoms with Crippen LogP contribution in [0.5, 0.6) is 0 Å². The summed E-state index contributed by atoms with van der Waals surface area (Å²) < 4.78 is 0.871. The Morgan fingerprint density at radius 3 is 2.75 bits per heavy atom. The molecule has 1 aromatic carbocycles. The van der Waals surface area contributed by atoms with Crippen molar-refractivity contribution >= 4 is 39.6 Å². The van der Waals surface area contributed by atoms with Crippen molar-refractivity contribution in [2.75, 3.05) is 18.0 Å². The highest BCUT2D eigenvalue weighted by Crippen LogP contribution is 2.31. The van der Waals surface area contributed by atoms with Crippen molar-refractivity contribution in [3.63, 3.8) is 0 Å². The lowest BCUT2D eigenvalue weighted by atomic mass is 10.1. The van der Waals surface area contributed by atoms with Gasteiger partial charge in [-0.3, -0.25) is 4.79 Å². The minimum Gasteiger partial charge on any atom is -0.478 e. The molecule has 1 heterocycles. The van der Waals surface area contributed by atoms with Crippen LogP contribution in [0.25, 0.3) is 6.08 Å². The van der Waals surface area contributed by atoms with Crippen LogP contribution in [0.15, 0.2) is 28.7 Å². The van der Waals surface area contributed by atoms with Gasteiger partial charge in [-0.05, 0) is 46.1 Å². The normalized spacial score (nSPS) is 18.6. The SMILES string of the molecule is NC(=O)C1CCN(c2ccc(/C=C/C(=O)O)cc2Br)C1. The fourth-order valence-corrected chi connectivity index (χ4v) is 2.91. The van der Waals surface area contributed by atoms with Crippen LogP contribution in [-0.2, 0) is 9.59 Å². The molecule has 6 heteroatoms. The predicted octanol–water partition coefficient (Wildman–Crippen LogP) is 1.86. The monoisotopic (exact) mass is 338 g/mol. The van der Waals surface area contributed by atoms with E-state index in [-0.39, 0.29) is 11.8 Å². The Kier molecular flexibility index (Phi) is 4.44. The average Bonchev–Trinajstić information content (AvgIpc) is 2.86. The third-order valence-electron chi connectivity index (χ3n) is 3.32. The van der Waals surface area contributed by atoms with Crippen LogP contribution in [0.4, 0.5) is 5.69 Å². The topological polar surface area (TPSA) is 83.6 Å². The number of carbonyl (C=O) groups excluding carboxylic acids is 1. The summed E-state index contributed by atoms with van der Waals surface area (Å²) in [5, 5.41) is 8.60. The van der Waals surface area contributed by atoms with Crippen LogP contribution >= 0.6 is 15.9 Å². The van der Waals surface area contributed by atoms with Crippen LogP contribution in [-0.4, -0.2) is 30.1 Å². The van der Waals surface area contributed by atoms with E-state index >= 15 is 0 Å². The van der Waals surface area contributed by atoms with Gasteiger partial charge >= 0.3 is 5.97 Å². The molecule has 106 valence electrons. The summed E-state index contributed by atoms with van der Waals surface area (Å²) in [6.45, 7) is 1.41. The maximum absolute atomic E-state index is 11.2. The molecule has 1 saturated heterocycles. The number of hydrogen-bond acceptors (Lipinski definition) is 3. The number of anilines is 1. The summed E-state index contributed by atoms with van der Waals surface area (Å²) in [5.74, 6) is -1.34. The first-order chi connectivity index (χ1) is 9.47. The van der Waals surface area contributed by atoms with E-state index in [0.717, 1.165) is 34.8 Å². The predicted molar refractivity (Wildman–Crippen MR) is 80.3 cm³/mol. The molecule has 1 aliphatic heterocycles. The molecule has 2 rings (SSSR count). The first-order valence-corrected chi connectivity index (χ1v) is 7.01. The van der Waals surface area contributed by atoms with Gasteiger partial charge in [-0.25, -0.2) is 4.79 Å². The molecule has 1 unspecified atom stereocenters. The molecule has 3 N–H and O–H groups in total. The second-order valence-corrected chi connectivity index (χ2v) is 5.57. The number of carboxylic acid groups (broad SMARTS) is 1. The lowest BCUT2D eigenvalue weighted by Crippen LogP contribution is -2.27. The maximum atomic E-state index is 11.2. The summed E-state index contributed by atoms with van der Waals surface area (Å²) >= 11 is 3.48. The molecule has 1 fully saturated rings. The van der Waals surface area contributed by atoms with Crippen molar-refractivity contribution in [3.8, 4) is 0 Å². The van der Waals surface area contributed by atoms with Crippen molar-refractivity contribution in [2.45, 2.75) is 6.42 Å². The number of aliphatic carboxylic acids is 1. The molecule has 20 heavy (non-hydrogen) atoms. The van der Waals surface area contributed by atoms with E-state index < -0.39 is 5.97 Å². The molecule has 1 aromatic rings. The first kappa shape index (κ1) is 14.6. The number of carbonyl (C=O) groups is 2. The van der Waals surface area contributed by atoms with Crippen molar-refractivity contribution in [3.05, 3.63) is 34.3 Å². The lowest BCUT2D eigenvalue weighted by Gasteiger charge is -2.20. The molecule has 0 bridgehead atoms. The third-order valence-corrected chi connectivity index (χ3v) is 3.96. The van der Waals surface area contributed by atoms with Gasteiger partial charge in [0.05, 0.1) is 11.6 Å². The third kappa shape index (κ3) is 3.39. The zero-order valence-corrected chi connectivity index (χ0v) is 12.3. The zero-order valence-electron chi connectivity index (χ0n) is 10.8. The van der Waals surface area contributed by atoms with E-state index in [1.54, 1.807) is 0 Å². The van der Waals surface area contributed by atoms with E-state index in [1.807, 2.05) is 18.2 Å². The van der Waals surface area contributed by atoms with Gasteiger partial charge in [-0.15, -0.1) is 0 Å². The number of primary amides is 1. The van der Waals surface area contributed by atoms with E-state index in [9.17, 15) is 9.59 Å². The Morgan fingerprint density at radius 2 is 2.20 bits per heavy atom. The highest BCUT2D eigenvalue weighted by molar-refractivity contribution is 9.10. The van der Waals surface area contributed by atoms with Gasteiger partial charge < -0.3 is 15.7 Å². The van der Waals surface area contributed by atoms with E-state index in [4.69, 9.17) is 10.8 Å². The van der Waals surface area contributed by atoms with Gasteiger partial charge in [-0.2, -0.15) is 0 Å². The second kappa shape index (κ2) is 6.09. The highest BCUT2D eigenvalue weighted by atomic mass is 79.9. The number of amides is 1. The Hall–Kier alpha value is -1.82. The van der Waals surface area contributed by atoms with E-state index in [1.165, 1.54) is 6.08 Å². The summed E-state index contributed by atoms with van der Waals surface area (Å²) in [5.41, 5.74) is 7.11. The summed E-state index contributed by atoms with van der Waals surface area (Å²) in [6, 6.07) is 5.61. The molecule has 5 nitrogen and oxygen atoms in total. The van der Waals surface area contributed by atoms with Crippen molar-refractivity contribution < 1.29 is 14.7 Å². The fourth-order valence-electron chi connectivity index (χ4n) is 2.26. The smallest absolute Gasteiger partial charge is 0.328 e. The van der Waals surface area contributed by atoms with Crippen molar-refractivity contribution in [1.82, 2.24) is 0 Å². The van der Waals surface area contributed by atoms with Gasteiger partial charge in [-0.1, -0.05) is 6.07 Å². The highest BCUT2D eigenvalue weighted by Gasteiger charge is 2.27. The molecule has 1 aliphatic rings. The van der Waals surface area contributed by atoms with Crippen molar-refractivity contribution in [1.29, 1.82) is 0 Å². The Labute approximate surface area is 125 Å². The van der Waals surface area contributed by atoms with Gasteiger partial charge in [0.2, 0.25) is 5.91 Å². The zero-order chi connectivity index (χ0) is 14.7. The van der Waals surface area contributed by atoms with Crippen LogP contribution < -0.4 is 10.6 Å². The lowest BCUT2D eigenvalue weighted by molar-refractivity contribution is -0.131. The van der Waals surface area contributed by atoms with Crippen LogP contribution in [0.1, 0.15) is 12.0 Å². The minimum absolute atomic E-state index is 0.103. The molecular formula is C14H15BrN2O3. The first-order valence-electron chi connectivity index (χ1n) is 6.22. The molecule has 0 aromatic heterocycles. The van der Waals surface area contributed by atoms with Crippen LogP contribution in [0, 0.1) is 5.92 Å². The molecular weight excluding hydrogens is 324 g/mol. The number of rotatable bonds is 4. The average molecular weight is 339 g/mol. The summed E-state index contributed by atoms with van der Waals surface area (Å²) in [7, 11) is 0. The Bertz CT molecular complexity index is 572. The Morgan fingerprint density at radius 1 is 1.45 bits per heavy atom. The van der Waals surface area contributed by atoms with Gasteiger partial charge in [0.15, 0.2) is 0 Å². The van der Waals surface area contributed by atoms with Crippen LogP contribution in [0.2, 0.25) is 0 Å². The van der Waals surface area contributed by atoms with Gasteiger partial charge in [0, 0.05) is 23.6 Å². The minimum atomic E-state index is -0.978. The molecule has 0 saturated carbocycles. The summed E-state index contributed by atoms with van der Waals surface area (Å²) in [4.78, 5) is 23.8. The number of carboxylic acids is 1. The standard InChI is InChI=1S/C14H15BrN2O3/c15-11-7-9(2-4-13(18)19)1-3-12(11)17-6-5-10(8-17)14(16)20/h1-4,7,10H,5-6,8H2,(H2,16,20)(H,18,19)/b4-2+. The molecule has 1 atom stereocenters. The molecule has 0 spiro atoms. The second-order valence-electron chi connectivity index (χ2n) is 4.72. The molecule has 1 amide bonds. The number of nitrogens with zero attached hydrogens (tertiary/aromatic N) is 1. The summed E-state index contributed by atoms with van der Waals surface area (Å²) in [6.07, 6.45) is 3.40. The van der Waals surface area contributed by atoms with Crippen LogP contribution in [0.3, 0.4) is 0 Å². The largest absolute Gasteiger partial charge is 0.478 e. The number of hydrogen-bond donors (Lipinski definition) is 2. The maximum Gasteiger partial charge on any atom is 0.328 e. The number of halogens is 1. The van der Waals surface area contributed by atoms with E-state index in [0.29, 0.717) is 6.54 Å². The number of benzene rings is 1. The molecule has 0 aliphatic carbocycles. The van der Waals surface area contributed by atoms with Crippen molar-refractivity contribution in [2.24, 2.45) is 11.7 Å². The molecule has 0 radical (unpaired) electrons. The fraction of sp³-hybridized carbons (Fsp3) is 0.286.